The second kappa shape index (κ2) is 5.18. The molecule has 0 aliphatic carbocycles. The van der Waals surface area contributed by atoms with E-state index in [1.165, 1.54) is 6.26 Å². The Labute approximate surface area is 123 Å². The first-order valence-electron chi connectivity index (χ1n) is 6.45. The van der Waals surface area contributed by atoms with Crippen LogP contribution in [0.4, 0.5) is 0 Å². The molecule has 1 N–H and O–H groups in total. The Kier molecular flexibility index (Phi) is 3.35. The lowest BCUT2D eigenvalue weighted by atomic mass is 10.2. The number of nitrogens with zero attached hydrogens (tertiary/aromatic N) is 1. The van der Waals surface area contributed by atoms with Crippen LogP contribution in [0.3, 0.4) is 0 Å². The smallest absolute Gasteiger partial charge is 0.175 e. The number of aromatic nitrogens is 2. The van der Waals surface area contributed by atoms with Crippen LogP contribution >= 0.6 is 0 Å². The second-order valence-electron chi connectivity index (χ2n) is 4.81. The van der Waals surface area contributed by atoms with Gasteiger partial charge in [-0.1, -0.05) is 42.5 Å². The molecule has 0 bridgehead atoms. The molecular formula is C16H14N2O2S. The molecule has 0 saturated heterocycles. The molecule has 0 radical (unpaired) electrons. The first-order valence-corrected chi connectivity index (χ1v) is 8.34. The maximum absolute atomic E-state index is 11.4. The topological polar surface area (TPSA) is 62.8 Å². The van der Waals surface area contributed by atoms with Gasteiger partial charge in [0.05, 0.1) is 16.8 Å². The zero-order chi connectivity index (χ0) is 14.9. The van der Waals surface area contributed by atoms with Gasteiger partial charge in [0.15, 0.2) is 9.84 Å². The van der Waals surface area contributed by atoms with Gasteiger partial charge in [0.1, 0.15) is 5.82 Å². The Morgan fingerprint density at radius 1 is 0.905 bits per heavy atom. The predicted molar refractivity (Wildman–Crippen MR) is 82.6 cm³/mol. The molecular weight excluding hydrogens is 284 g/mol. The number of H-pyrrole nitrogens is 1. The van der Waals surface area contributed by atoms with E-state index in [9.17, 15) is 8.42 Å². The Morgan fingerprint density at radius 2 is 1.57 bits per heavy atom. The van der Waals surface area contributed by atoms with Crippen LogP contribution < -0.4 is 0 Å². The van der Waals surface area contributed by atoms with Crippen molar-refractivity contribution in [1.82, 2.24) is 9.97 Å². The van der Waals surface area contributed by atoms with Crippen molar-refractivity contribution in [1.29, 1.82) is 0 Å². The van der Waals surface area contributed by atoms with Crippen molar-refractivity contribution in [2.24, 2.45) is 0 Å². The fourth-order valence-electron chi connectivity index (χ4n) is 2.09. The number of hydrogen-bond donors (Lipinski definition) is 1. The molecule has 1 aromatic heterocycles. The minimum Gasteiger partial charge on any atom is -0.338 e. The van der Waals surface area contributed by atoms with Gasteiger partial charge >= 0.3 is 0 Å². The van der Waals surface area contributed by atoms with E-state index in [4.69, 9.17) is 0 Å². The highest BCUT2D eigenvalue weighted by atomic mass is 32.2. The lowest BCUT2D eigenvalue weighted by Crippen LogP contribution is -1.96. The molecule has 0 unspecified atom stereocenters. The summed E-state index contributed by atoms with van der Waals surface area (Å²) < 4.78 is 22.9. The van der Waals surface area contributed by atoms with E-state index < -0.39 is 9.84 Å². The number of imidazole rings is 1. The number of hydrogen-bond acceptors (Lipinski definition) is 3. The third-order valence-corrected chi connectivity index (χ3v) is 4.34. The van der Waals surface area contributed by atoms with Crippen LogP contribution in [-0.2, 0) is 9.84 Å². The molecule has 0 atom stereocenters. The van der Waals surface area contributed by atoms with Gasteiger partial charge in [0.2, 0.25) is 0 Å². The van der Waals surface area contributed by atoms with Gasteiger partial charge in [-0.15, -0.1) is 0 Å². The molecule has 4 nitrogen and oxygen atoms in total. The van der Waals surface area contributed by atoms with E-state index in [-0.39, 0.29) is 0 Å². The fraction of sp³-hybridized carbons (Fsp3) is 0.0625. The van der Waals surface area contributed by atoms with E-state index in [1.54, 1.807) is 30.5 Å². The zero-order valence-corrected chi connectivity index (χ0v) is 12.3. The van der Waals surface area contributed by atoms with Gasteiger partial charge in [0, 0.05) is 11.8 Å². The number of aromatic amines is 1. The SMILES string of the molecule is CS(=O)(=O)c1ccc(-c2cnc(-c3ccccc3)[nH]2)cc1. The lowest BCUT2D eigenvalue weighted by Gasteiger charge is -2.01. The van der Waals surface area contributed by atoms with Gasteiger partial charge in [0.25, 0.3) is 0 Å². The van der Waals surface area contributed by atoms with Crippen LogP contribution in [-0.4, -0.2) is 24.6 Å². The second-order valence-corrected chi connectivity index (χ2v) is 6.82. The highest BCUT2D eigenvalue weighted by molar-refractivity contribution is 7.90. The monoisotopic (exact) mass is 298 g/mol. The number of rotatable bonds is 3. The Hall–Kier alpha value is -2.40. The van der Waals surface area contributed by atoms with Crippen molar-refractivity contribution in [3.05, 3.63) is 60.8 Å². The number of sulfone groups is 1. The Balaban J connectivity index is 1.94. The van der Waals surface area contributed by atoms with Crippen LogP contribution in [0.15, 0.2) is 65.7 Å². The maximum Gasteiger partial charge on any atom is 0.175 e. The summed E-state index contributed by atoms with van der Waals surface area (Å²) in [6, 6.07) is 16.6. The summed E-state index contributed by atoms with van der Waals surface area (Å²) in [5, 5.41) is 0. The van der Waals surface area contributed by atoms with Crippen molar-refractivity contribution in [2.45, 2.75) is 4.90 Å². The normalized spacial score (nSPS) is 11.5. The summed E-state index contributed by atoms with van der Waals surface area (Å²) >= 11 is 0. The van der Waals surface area contributed by atoms with E-state index in [1.807, 2.05) is 30.3 Å². The van der Waals surface area contributed by atoms with Crippen molar-refractivity contribution in [2.75, 3.05) is 6.26 Å². The molecule has 0 amide bonds. The van der Waals surface area contributed by atoms with E-state index in [0.29, 0.717) is 4.90 Å². The number of benzene rings is 2. The maximum atomic E-state index is 11.4. The van der Waals surface area contributed by atoms with Gasteiger partial charge in [-0.05, 0) is 17.7 Å². The average Bonchev–Trinajstić information content (AvgIpc) is 2.97. The summed E-state index contributed by atoms with van der Waals surface area (Å²) in [7, 11) is -3.17. The van der Waals surface area contributed by atoms with Crippen LogP contribution in [0.2, 0.25) is 0 Å². The highest BCUT2D eigenvalue weighted by Gasteiger charge is 2.08. The fourth-order valence-corrected chi connectivity index (χ4v) is 2.72. The molecule has 0 spiro atoms. The van der Waals surface area contributed by atoms with Gasteiger partial charge < -0.3 is 4.98 Å². The summed E-state index contributed by atoms with van der Waals surface area (Å²) in [5.41, 5.74) is 2.77. The molecule has 5 heteroatoms. The average molecular weight is 298 g/mol. The highest BCUT2D eigenvalue weighted by Crippen LogP contribution is 2.23. The lowest BCUT2D eigenvalue weighted by molar-refractivity contribution is 0.602. The molecule has 0 saturated carbocycles. The first-order chi connectivity index (χ1) is 10.0. The summed E-state index contributed by atoms with van der Waals surface area (Å²) in [6.07, 6.45) is 2.95. The Morgan fingerprint density at radius 3 is 2.19 bits per heavy atom. The van der Waals surface area contributed by atoms with E-state index in [0.717, 1.165) is 22.6 Å². The molecule has 3 aromatic rings. The molecule has 0 aliphatic rings. The molecule has 2 aromatic carbocycles. The third kappa shape index (κ3) is 2.87. The molecule has 0 aliphatic heterocycles. The van der Waals surface area contributed by atoms with E-state index in [2.05, 4.69) is 9.97 Å². The van der Waals surface area contributed by atoms with Gasteiger partial charge in [-0.3, -0.25) is 0 Å². The van der Waals surface area contributed by atoms with E-state index >= 15 is 0 Å². The van der Waals surface area contributed by atoms with Crippen LogP contribution in [0.5, 0.6) is 0 Å². The molecule has 21 heavy (non-hydrogen) atoms. The summed E-state index contributed by atoms with van der Waals surface area (Å²) in [4.78, 5) is 7.92. The zero-order valence-electron chi connectivity index (χ0n) is 11.4. The van der Waals surface area contributed by atoms with Crippen molar-refractivity contribution < 1.29 is 8.42 Å². The van der Waals surface area contributed by atoms with Crippen LogP contribution in [0.1, 0.15) is 0 Å². The standard InChI is InChI=1S/C16H14N2O2S/c1-21(19,20)14-9-7-12(8-10-14)15-11-17-16(18-15)13-5-3-2-4-6-13/h2-11H,1H3,(H,17,18). The Bertz CT molecular complexity index is 851. The van der Waals surface area contributed by atoms with Gasteiger partial charge in [-0.25, -0.2) is 13.4 Å². The minimum atomic E-state index is -3.17. The van der Waals surface area contributed by atoms with Crippen LogP contribution in [0, 0.1) is 0 Å². The van der Waals surface area contributed by atoms with Gasteiger partial charge in [-0.2, -0.15) is 0 Å². The van der Waals surface area contributed by atoms with Crippen molar-refractivity contribution in [3.63, 3.8) is 0 Å². The largest absolute Gasteiger partial charge is 0.338 e. The molecule has 106 valence electrons. The van der Waals surface area contributed by atoms with Crippen LogP contribution in [0.25, 0.3) is 22.6 Å². The summed E-state index contributed by atoms with van der Waals surface area (Å²) in [5.74, 6) is 0.790. The third-order valence-electron chi connectivity index (χ3n) is 3.22. The quantitative estimate of drug-likeness (QED) is 0.808. The molecule has 1 heterocycles. The van der Waals surface area contributed by atoms with Crippen molar-refractivity contribution >= 4 is 9.84 Å². The van der Waals surface area contributed by atoms with Crippen molar-refractivity contribution in [3.8, 4) is 22.6 Å². The number of nitrogens with one attached hydrogen (secondary N) is 1. The molecule has 3 rings (SSSR count). The predicted octanol–water partition coefficient (Wildman–Crippen LogP) is 3.15. The summed E-state index contributed by atoms with van der Waals surface area (Å²) in [6.45, 7) is 0. The molecule has 0 fully saturated rings. The first kappa shape index (κ1) is 13.6. The minimum absolute atomic E-state index is 0.314.